The largest absolute Gasteiger partial charge is 0.490 e. The maximum absolute atomic E-state index is 13.4. The van der Waals surface area contributed by atoms with Gasteiger partial charge in [-0.1, -0.05) is 18.2 Å². The van der Waals surface area contributed by atoms with Gasteiger partial charge in [0.2, 0.25) is 0 Å². The number of alkyl halides is 3. The third kappa shape index (κ3) is 5.54. The molecule has 0 radical (unpaired) electrons. The topological polar surface area (TPSA) is 59.0 Å². The summed E-state index contributed by atoms with van der Waals surface area (Å²) < 4.78 is 51.6. The molecule has 2 aromatic rings. The normalized spacial score (nSPS) is 18.2. The van der Waals surface area contributed by atoms with Crippen molar-refractivity contribution in [2.75, 3.05) is 26.3 Å². The van der Waals surface area contributed by atoms with Crippen LogP contribution in [0.25, 0.3) is 0 Å². The Bertz CT molecular complexity index is 932. The van der Waals surface area contributed by atoms with Crippen LogP contribution in [0.15, 0.2) is 42.5 Å². The second-order valence-corrected chi connectivity index (χ2v) is 7.77. The molecule has 1 saturated heterocycles. The molecule has 2 aromatic carbocycles. The van der Waals surface area contributed by atoms with Gasteiger partial charge in [0.15, 0.2) is 11.5 Å². The van der Waals surface area contributed by atoms with Crippen molar-refractivity contribution < 1.29 is 32.5 Å². The van der Waals surface area contributed by atoms with Crippen LogP contribution in [0.5, 0.6) is 11.5 Å². The zero-order valence-electron chi connectivity index (χ0n) is 18.2. The van der Waals surface area contributed by atoms with Gasteiger partial charge < -0.3 is 14.6 Å². The van der Waals surface area contributed by atoms with E-state index in [-0.39, 0.29) is 6.54 Å². The Morgan fingerprint density at radius 3 is 2.44 bits per heavy atom. The van der Waals surface area contributed by atoms with Crippen molar-refractivity contribution in [3.8, 4) is 11.5 Å². The Labute approximate surface area is 185 Å². The first kappa shape index (κ1) is 23.9. The zero-order valence-corrected chi connectivity index (χ0v) is 18.2. The highest BCUT2D eigenvalue weighted by Crippen LogP contribution is 2.39. The molecule has 1 fully saturated rings. The van der Waals surface area contributed by atoms with Gasteiger partial charge in [0.05, 0.1) is 30.7 Å². The van der Waals surface area contributed by atoms with Gasteiger partial charge in [-0.15, -0.1) is 0 Å². The molecule has 3 rings (SSSR count). The molecule has 8 heteroatoms. The molecular formula is C24H28F3NO4. The molecule has 0 saturated carbocycles. The van der Waals surface area contributed by atoms with Gasteiger partial charge in [0.1, 0.15) is 0 Å². The van der Waals surface area contributed by atoms with Gasteiger partial charge in [0, 0.05) is 6.54 Å². The average Bonchev–Trinajstić information content (AvgIpc) is 2.76. The molecule has 1 aliphatic rings. The molecular weight excluding hydrogens is 423 g/mol. The number of carboxylic acids is 1. The van der Waals surface area contributed by atoms with E-state index in [0.717, 1.165) is 17.7 Å². The monoisotopic (exact) mass is 451 g/mol. The Kier molecular flexibility index (Phi) is 7.66. The van der Waals surface area contributed by atoms with Crippen LogP contribution in [0.3, 0.4) is 0 Å². The third-order valence-electron chi connectivity index (χ3n) is 5.58. The lowest BCUT2D eigenvalue weighted by molar-refractivity contribution is -0.143. The van der Waals surface area contributed by atoms with E-state index in [1.807, 2.05) is 24.8 Å². The summed E-state index contributed by atoms with van der Waals surface area (Å²) in [5.41, 5.74) is 0.447. The van der Waals surface area contributed by atoms with Crippen molar-refractivity contribution in [3.05, 3.63) is 59.2 Å². The smallest absolute Gasteiger partial charge is 0.416 e. The molecule has 2 atom stereocenters. The van der Waals surface area contributed by atoms with E-state index in [1.165, 1.54) is 6.07 Å². The number of nitrogens with zero attached hydrogens (tertiary/aromatic N) is 1. The summed E-state index contributed by atoms with van der Waals surface area (Å²) in [6.07, 6.45) is -3.27. The first-order valence-electron chi connectivity index (χ1n) is 10.8. The molecule has 2 unspecified atom stereocenters. The van der Waals surface area contributed by atoms with E-state index in [9.17, 15) is 23.1 Å². The van der Waals surface area contributed by atoms with E-state index in [4.69, 9.17) is 9.47 Å². The van der Waals surface area contributed by atoms with Gasteiger partial charge in [0.25, 0.3) is 0 Å². The summed E-state index contributed by atoms with van der Waals surface area (Å²) in [4.78, 5) is 13.6. The molecule has 1 N–H and O–H groups in total. The van der Waals surface area contributed by atoms with E-state index in [2.05, 4.69) is 0 Å². The Hall–Kier alpha value is -2.74. The molecule has 1 aliphatic heterocycles. The number of ether oxygens (including phenoxy) is 2. The minimum atomic E-state index is -4.47. The fraction of sp³-hybridized carbons (Fsp3) is 0.458. The van der Waals surface area contributed by atoms with Crippen LogP contribution in [0.4, 0.5) is 13.2 Å². The average molecular weight is 451 g/mol. The number of halogens is 3. The maximum Gasteiger partial charge on any atom is 0.416 e. The number of rotatable bonds is 8. The van der Waals surface area contributed by atoms with Crippen LogP contribution in [-0.2, 0) is 11.0 Å². The van der Waals surface area contributed by atoms with Crippen molar-refractivity contribution >= 4 is 5.97 Å². The van der Waals surface area contributed by atoms with Gasteiger partial charge in [-0.2, -0.15) is 13.2 Å². The van der Waals surface area contributed by atoms with E-state index in [0.29, 0.717) is 49.7 Å². The van der Waals surface area contributed by atoms with Crippen LogP contribution in [0.2, 0.25) is 0 Å². The minimum Gasteiger partial charge on any atom is -0.490 e. The molecule has 174 valence electrons. The number of likely N-dealkylation sites (tertiary alicyclic amines) is 1. The van der Waals surface area contributed by atoms with Crippen LogP contribution in [-0.4, -0.2) is 42.3 Å². The van der Waals surface area contributed by atoms with Crippen molar-refractivity contribution in [3.63, 3.8) is 0 Å². The van der Waals surface area contributed by atoms with Crippen molar-refractivity contribution in [1.82, 2.24) is 4.90 Å². The highest BCUT2D eigenvalue weighted by molar-refractivity contribution is 5.70. The van der Waals surface area contributed by atoms with Crippen molar-refractivity contribution in [2.24, 2.45) is 5.92 Å². The molecule has 32 heavy (non-hydrogen) atoms. The van der Waals surface area contributed by atoms with E-state index < -0.39 is 29.7 Å². The lowest BCUT2D eigenvalue weighted by Gasteiger charge is -2.38. The standard InChI is InChI=1S/C24H28F3NO4/c1-3-31-20-11-10-17(14-21(20)32-4-2)22(28-12-6-8-18(15-28)23(29)30)16-7-5-9-19(13-16)24(25,26)27/h5,7,9-11,13-14,18,22H,3-4,6,8,12,15H2,1-2H3,(H,29,30). The molecule has 1 heterocycles. The zero-order chi connectivity index (χ0) is 23.3. The molecule has 0 amide bonds. The first-order chi connectivity index (χ1) is 15.2. The second-order valence-electron chi connectivity index (χ2n) is 7.77. The first-order valence-corrected chi connectivity index (χ1v) is 10.8. The maximum atomic E-state index is 13.4. The van der Waals surface area contributed by atoms with Gasteiger partial charge in [-0.05, 0) is 68.6 Å². The summed E-state index contributed by atoms with van der Waals surface area (Å²) in [6, 6.07) is 10.0. The predicted molar refractivity (Wildman–Crippen MR) is 114 cm³/mol. The molecule has 0 bridgehead atoms. The van der Waals surface area contributed by atoms with Crippen LogP contribution < -0.4 is 9.47 Å². The molecule has 5 nitrogen and oxygen atoms in total. The summed E-state index contributed by atoms with van der Waals surface area (Å²) in [7, 11) is 0. The highest BCUT2D eigenvalue weighted by atomic mass is 19.4. The molecule has 0 aromatic heterocycles. The number of piperidine rings is 1. The van der Waals surface area contributed by atoms with E-state index >= 15 is 0 Å². The Morgan fingerprint density at radius 1 is 1.09 bits per heavy atom. The van der Waals surface area contributed by atoms with Gasteiger partial charge >= 0.3 is 12.1 Å². The van der Waals surface area contributed by atoms with Crippen molar-refractivity contribution in [1.29, 1.82) is 0 Å². The lowest BCUT2D eigenvalue weighted by Crippen LogP contribution is -2.41. The number of hydrogen-bond acceptors (Lipinski definition) is 4. The minimum absolute atomic E-state index is 0.257. The summed E-state index contributed by atoms with van der Waals surface area (Å²) in [6.45, 7) is 5.39. The summed E-state index contributed by atoms with van der Waals surface area (Å²) >= 11 is 0. The van der Waals surface area contributed by atoms with Crippen molar-refractivity contribution in [2.45, 2.75) is 38.9 Å². The lowest BCUT2D eigenvalue weighted by atomic mass is 9.90. The van der Waals surface area contributed by atoms with Crippen LogP contribution in [0.1, 0.15) is 49.4 Å². The fourth-order valence-electron chi connectivity index (χ4n) is 4.18. The quantitative estimate of drug-likeness (QED) is 0.583. The molecule has 0 spiro atoms. The number of hydrogen-bond donors (Lipinski definition) is 1. The fourth-order valence-corrected chi connectivity index (χ4v) is 4.18. The number of carboxylic acid groups (broad SMARTS) is 1. The van der Waals surface area contributed by atoms with Crippen LogP contribution >= 0.6 is 0 Å². The number of benzene rings is 2. The SMILES string of the molecule is CCOc1ccc(C(c2cccc(C(F)(F)F)c2)N2CCCC(C(=O)O)C2)cc1OCC. The summed E-state index contributed by atoms with van der Waals surface area (Å²) in [5, 5.41) is 9.53. The summed E-state index contributed by atoms with van der Waals surface area (Å²) in [5.74, 6) is -0.385. The third-order valence-corrected chi connectivity index (χ3v) is 5.58. The van der Waals surface area contributed by atoms with Gasteiger partial charge in [-0.3, -0.25) is 9.69 Å². The van der Waals surface area contributed by atoms with Gasteiger partial charge in [-0.25, -0.2) is 0 Å². The molecule has 0 aliphatic carbocycles. The highest BCUT2D eigenvalue weighted by Gasteiger charge is 2.34. The number of aliphatic carboxylic acids is 1. The van der Waals surface area contributed by atoms with E-state index in [1.54, 1.807) is 18.2 Å². The Morgan fingerprint density at radius 2 is 1.78 bits per heavy atom. The predicted octanol–water partition coefficient (Wildman–Crippen LogP) is 5.39. The number of carbonyl (C=O) groups is 1. The van der Waals surface area contributed by atoms with Crippen LogP contribution in [0, 0.1) is 5.92 Å². The Balaban J connectivity index is 2.09. The second kappa shape index (κ2) is 10.3.